The lowest BCUT2D eigenvalue weighted by atomic mass is 10.1. The largest absolute Gasteiger partial charge is 0.389 e. The molecule has 0 radical (unpaired) electrons. The number of rotatable bonds is 0. The van der Waals surface area contributed by atoms with E-state index in [1.807, 2.05) is 41.0 Å². The van der Waals surface area contributed by atoms with Crippen molar-refractivity contribution in [1.29, 1.82) is 0 Å². The van der Waals surface area contributed by atoms with Gasteiger partial charge < -0.3 is 0 Å². The zero-order valence-electron chi connectivity index (χ0n) is 9.46. The number of para-hydroxylation sites is 1. The van der Waals surface area contributed by atoms with E-state index in [0.29, 0.717) is 0 Å². The summed E-state index contributed by atoms with van der Waals surface area (Å²) in [6.07, 6.45) is 8.17. The molecular weight excluding hydrogens is 230 g/mol. The van der Waals surface area contributed by atoms with Crippen LogP contribution in [-0.4, -0.2) is 21.4 Å². The SMILES string of the molecule is CC(=O)[N+]1=C2C=CC=CC2Sc2ccccc21. The molecule has 1 aliphatic heterocycles. The van der Waals surface area contributed by atoms with Gasteiger partial charge in [-0.2, -0.15) is 0 Å². The molecular formula is C14H12NOS+. The van der Waals surface area contributed by atoms with Gasteiger partial charge in [-0.1, -0.05) is 30.4 Å². The maximum Gasteiger partial charge on any atom is 0.389 e. The molecule has 0 N–H and O–H groups in total. The average molecular weight is 242 g/mol. The molecule has 0 saturated heterocycles. The Bertz CT molecular complexity index is 584. The standard InChI is InChI=1S/C14H12NOS/c1-10(16)15-11-6-2-4-8-13(11)17-14-9-5-3-7-12(14)15/h2-9,13H,1H3/q+1. The molecule has 1 amide bonds. The number of fused-ring (bicyclic) bond motifs is 2. The summed E-state index contributed by atoms with van der Waals surface area (Å²) in [5.41, 5.74) is 2.06. The minimum atomic E-state index is 0.0673. The Hall–Kier alpha value is -1.61. The van der Waals surface area contributed by atoms with Crippen LogP contribution in [0.5, 0.6) is 0 Å². The molecule has 1 aromatic carbocycles. The number of nitrogens with zero attached hydrogens (tertiary/aromatic N) is 1. The van der Waals surface area contributed by atoms with Crippen molar-refractivity contribution in [1.82, 2.24) is 0 Å². The van der Waals surface area contributed by atoms with E-state index in [9.17, 15) is 4.79 Å². The molecule has 0 saturated carbocycles. The van der Waals surface area contributed by atoms with E-state index in [-0.39, 0.29) is 11.2 Å². The molecule has 1 atom stereocenters. The fourth-order valence-electron chi connectivity index (χ4n) is 2.18. The van der Waals surface area contributed by atoms with Gasteiger partial charge in [-0.15, -0.1) is 16.3 Å². The van der Waals surface area contributed by atoms with E-state index < -0.39 is 0 Å². The van der Waals surface area contributed by atoms with Crippen LogP contribution in [0.2, 0.25) is 0 Å². The third-order valence-corrected chi connectivity index (χ3v) is 4.14. The molecule has 2 aliphatic rings. The first kappa shape index (κ1) is 10.5. The summed E-state index contributed by atoms with van der Waals surface area (Å²) < 4.78 is 1.82. The summed E-state index contributed by atoms with van der Waals surface area (Å²) in [6.45, 7) is 1.61. The number of hydrogen-bond donors (Lipinski definition) is 0. The van der Waals surface area contributed by atoms with Gasteiger partial charge in [0, 0.05) is 12.1 Å². The summed E-state index contributed by atoms with van der Waals surface area (Å²) in [6, 6.07) is 8.05. The van der Waals surface area contributed by atoms with Gasteiger partial charge in [0.25, 0.3) is 0 Å². The number of thioether (sulfide) groups is 1. The maximum absolute atomic E-state index is 11.9. The van der Waals surface area contributed by atoms with Gasteiger partial charge in [-0.25, -0.2) is 4.79 Å². The lowest BCUT2D eigenvalue weighted by Crippen LogP contribution is -2.31. The Balaban J connectivity index is 2.27. The van der Waals surface area contributed by atoms with Gasteiger partial charge in [-0.05, 0) is 6.07 Å². The van der Waals surface area contributed by atoms with E-state index in [1.165, 1.54) is 0 Å². The number of allylic oxidation sites excluding steroid dienone is 3. The van der Waals surface area contributed by atoms with Crippen LogP contribution in [-0.2, 0) is 4.79 Å². The summed E-state index contributed by atoms with van der Waals surface area (Å²) in [4.78, 5) is 13.0. The summed E-state index contributed by atoms with van der Waals surface area (Å²) in [5, 5.41) is 0.249. The van der Waals surface area contributed by atoms with Crippen molar-refractivity contribution in [3.8, 4) is 0 Å². The molecule has 1 aromatic rings. The number of carbonyl (C=O) groups is 1. The fourth-order valence-corrected chi connectivity index (χ4v) is 3.37. The lowest BCUT2D eigenvalue weighted by Gasteiger charge is -2.20. The molecule has 3 heteroatoms. The number of amides is 1. The third kappa shape index (κ3) is 1.67. The molecule has 84 valence electrons. The van der Waals surface area contributed by atoms with Gasteiger partial charge in [0.15, 0.2) is 0 Å². The van der Waals surface area contributed by atoms with Crippen LogP contribution in [0.1, 0.15) is 6.92 Å². The summed E-state index contributed by atoms with van der Waals surface area (Å²) in [7, 11) is 0. The van der Waals surface area contributed by atoms with Crippen molar-refractivity contribution in [2.24, 2.45) is 0 Å². The van der Waals surface area contributed by atoms with Crippen molar-refractivity contribution in [3.63, 3.8) is 0 Å². The number of hydrogen-bond acceptors (Lipinski definition) is 2. The number of benzene rings is 1. The van der Waals surface area contributed by atoms with Crippen LogP contribution in [0.3, 0.4) is 0 Å². The Morgan fingerprint density at radius 2 is 2.12 bits per heavy atom. The third-order valence-electron chi connectivity index (χ3n) is 2.89. The van der Waals surface area contributed by atoms with Crippen molar-refractivity contribution in [2.75, 3.05) is 0 Å². The normalized spacial score (nSPS) is 21.1. The Labute approximate surface area is 104 Å². The first-order valence-corrected chi connectivity index (χ1v) is 6.43. The highest BCUT2D eigenvalue weighted by molar-refractivity contribution is 8.01. The van der Waals surface area contributed by atoms with E-state index >= 15 is 0 Å². The smallest absolute Gasteiger partial charge is 0.220 e. The first-order chi connectivity index (χ1) is 8.27. The second-order valence-corrected chi connectivity index (χ2v) is 5.21. The molecule has 0 aromatic heterocycles. The van der Waals surface area contributed by atoms with Crippen molar-refractivity contribution < 1.29 is 9.37 Å². The lowest BCUT2D eigenvalue weighted by molar-refractivity contribution is -0.368. The number of carbonyl (C=O) groups excluding carboxylic acids is 1. The molecule has 3 rings (SSSR count). The second kappa shape index (κ2) is 4.00. The van der Waals surface area contributed by atoms with Gasteiger partial charge >= 0.3 is 5.91 Å². The monoisotopic (exact) mass is 242 g/mol. The van der Waals surface area contributed by atoms with Gasteiger partial charge in [0.05, 0.1) is 11.8 Å². The minimum absolute atomic E-state index is 0.0673. The van der Waals surface area contributed by atoms with Crippen LogP contribution >= 0.6 is 11.8 Å². The Kier molecular flexibility index (Phi) is 2.48. The zero-order valence-corrected chi connectivity index (χ0v) is 10.3. The Morgan fingerprint density at radius 3 is 2.94 bits per heavy atom. The Morgan fingerprint density at radius 1 is 1.29 bits per heavy atom. The minimum Gasteiger partial charge on any atom is -0.220 e. The molecule has 1 unspecified atom stereocenters. The van der Waals surface area contributed by atoms with Crippen LogP contribution in [0.4, 0.5) is 5.69 Å². The average Bonchev–Trinajstić information content (AvgIpc) is 2.35. The molecule has 0 spiro atoms. The molecule has 2 nitrogen and oxygen atoms in total. The maximum atomic E-state index is 11.9. The highest BCUT2D eigenvalue weighted by Crippen LogP contribution is 2.38. The summed E-state index contributed by atoms with van der Waals surface area (Å²) in [5.74, 6) is 0.0673. The van der Waals surface area contributed by atoms with Crippen molar-refractivity contribution in [2.45, 2.75) is 17.1 Å². The predicted octanol–water partition coefficient (Wildman–Crippen LogP) is 2.92. The van der Waals surface area contributed by atoms with E-state index in [1.54, 1.807) is 18.7 Å². The molecule has 17 heavy (non-hydrogen) atoms. The fraction of sp³-hybridized carbons (Fsp3) is 0.143. The zero-order chi connectivity index (χ0) is 11.8. The van der Waals surface area contributed by atoms with Crippen LogP contribution in [0.15, 0.2) is 53.5 Å². The van der Waals surface area contributed by atoms with Crippen molar-refractivity contribution in [3.05, 3.63) is 48.6 Å². The molecule has 0 fully saturated rings. The van der Waals surface area contributed by atoms with Gasteiger partial charge in [0.2, 0.25) is 11.4 Å². The second-order valence-electron chi connectivity index (χ2n) is 4.03. The van der Waals surface area contributed by atoms with Gasteiger partial charge in [0.1, 0.15) is 5.25 Å². The van der Waals surface area contributed by atoms with Crippen molar-refractivity contribution >= 4 is 29.1 Å². The quantitative estimate of drug-likeness (QED) is 0.652. The molecule has 1 aliphatic carbocycles. The molecule has 1 heterocycles. The predicted molar refractivity (Wildman–Crippen MR) is 70.0 cm³/mol. The first-order valence-electron chi connectivity index (χ1n) is 5.55. The highest BCUT2D eigenvalue weighted by Gasteiger charge is 2.35. The van der Waals surface area contributed by atoms with Crippen LogP contribution < -0.4 is 0 Å². The van der Waals surface area contributed by atoms with E-state index in [4.69, 9.17) is 0 Å². The van der Waals surface area contributed by atoms with E-state index in [2.05, 4.69) is 12.1 Å². The van der Waals surface area contributed by atoms with Crippen LogP contribution in [0, 0.1) is 0 Å². The summed E-state index contributed by atoms with van der Waals surface area (Å²) >= 11 is 1.79. The van der Waals surface area contributed by atoms with E-state index in [0.717, 1.165) is 16.3 Å². The molecule has 0 bridgehead atoms. The highest BCUT2D eigenvalue weighted by atomic mass is 32.2. The van der Waals surface area contributed by atoms with Gasteiger partial charge in [-0.3, -0.25) is 0 Å². The topological polar surface area (TPSA) is 20.1 Å². The van der Waals surface area contributed by atoms with Crippen LogP contribution in [0.25, 0.3) is 0 Å².